The van der Waals surface area contributed by atoms with E-state index in [1.807, 2.05) is 4.90 Å². The van der Waals surface area contributed by atoms with Crippen LogP contribution in [0, 0.1) is 0 Å². The highest BCUT2D eigenvalue weighted by atomic mass is 32.2. The standard InChI is InChI=1S/C26H31N5O4S.CH2O2/c1-34-26-25(15-24(18-28-26)31-10-12-35-13-11-31)36(32,33)29-23-14-22(16-27-17-23)21-6-4-20(5-7-21)19-30-8-2-3-9-30;2-1-3/h4-7,14-18,29H,2-3,8-13,19H2,1H3;1H,(H,2,3). The van der Waals surface area contributed by atoms with Crippen molar-refractivity contribution in [2.75, 3.05) is 56.1 Å². The molecule has 39 heavy (non-hydrogen) atoms. The molecular formula is C27H33N5O6S. The van der Waals surface area contributed by atoms with E-state index >= 15 is 0 Å². The van der Waals surface area contributed by atoms with Gasteiger partial charge in [0.1, 0.15) is 0 Å². The number of carboxylic acid groups (broad SMARTS) is 1. The van der Waals surface area contributed by atoms with Crippen LogP contribution in [0.4, 0.5) is 11.4 Å². The van der Waals surface area contributed by atoms with Gasteiger partial charge in [-0.3, -0.25) is 19.4 Å². The van der Waals surface area contributed by atoms with Crippen molar-refractivity contribution in [3.63, 3.8) is 0 Å². The first-order valence-electron chi connectivity index (χ1n) is 12.7. The van der Waals surface area contributed by atoms with Crippen LogP contribution in [0.5, 0.6) is 5.88 Å². The molecule has 0 radical (unpaired) electrons. The number of nitrogens with one attached hydrogen (secondary N) is 1. The molecule has 11 nitrogen and oxygen atoms in total. The maximum absolute atomic E-state index is 13.4. The lowest BCUT2D eigenvalue weighted by molar-refractivity contribution is -0.122. The minimum absolute atomic E-state index is 0.0225. The number of likely N-dealkylation sites (tertiary alicyclic amines) is 1. The van der Waals surface area contributed by atoms with Gasteiger partial charge in [0, 0.05) is 31.4 Å². The van der Waals surface area contributed by atoms with Crippen LogP contribution in [-0.4, -0.2) is 81.4 Å². The topological polar surface area (TPSA) is 134 Å². The molecule has 2 aromatic heterocycles. The van der Waals surface area contributed by atoms with E-state index in [4.69, 9.17) is 19.4 Å². The largest absolute Gasteiger partial charge is 0.483 e. The van der Waals surface area contributed by atoms with Crippen molar-refractivity contribution >= 4 is 27.9 Å². The molecule has 0 spiro atoms. The highest BCUT2D eigenvalue weighted by Gasteiger charge is 2.24. The molecule has 0 amide bonds. The van der Waals surface area contributed by atoms with Gasteiger partial charge in [-0.2, -0.15) is 0 Å². The van der Waals surface area contributed by atoms with Crippen molar-refractivity contribution in [2.24, 2.45) is 0 Å². The molecule has 3 aromatic rings. The van der Waals surface area contributed by atoms with E-state index in [2.05, 4.69) is 43.9 Å². The number of carbonyl (C=O) groups is 1. The molecule has 0 unspecified atom stereocenters. The highest BCUT2D eigenvalue weighted by Crippen LogP contribution is 2.30. The summed E-state index contributed by atoms with van der Waals surface area (Å²) in [7, 11) is -2.57. The van der Waals surface area contributed by atoms with Gasteiger partial charge in [-0.15, -0.1) is 0 Å². The van der Waals surface area contributed by atoms with Crippen molar-refractivity contribution in [3.8, 4) is 17.0 Å². The number of nitrogens with zero attached hydrogens (tertiary/aromatic N) is 4. The number of ether oxygens (including phenoxy) is 2. The number of hydrogen-bond acceptors (Lipinski definition) is 9. The van der Waals surface area contributed by atoms with E-state index in [0.717, 1.165) is 30.8 Å². The lowest BCUT2D eigenvalue weighted by atomic mass is 10.1. The van der Waals surface area contributed by atoms with Gasteiger partial charge in [0.15, 0.2) is 4.90 Å². The molecule has 4 heterocycles. The molecule has 0 atom stereocenters. The lowest BCUT2D eigenvalue weighted by Crippen LogP contribution is -2.36. The smallest absolute Gasteiger partial charge is 0.290 e. The Kier molecular flexibility index (Phi) is 9.69. The monoisotopic (exact) mass is 555 g/mol. The second-order valence-corrected chi connectivity index (χ2v) is 10.8. The molecule has 0 bridgehead atoms. The van der Waals surface area contributed by atoms with Gasteiger partial charge in [-0.25, -0.2) is 13.4 Å². The number of rotatable bonds is 8. The maximum atomic E-state index is 13.4. The second kappa shape index (κ2) is 13.4. The fourth-order valence-electron chi connectivity index (χ4n) is 4.63. The van der Waals surface area contributed by atoms with Crippen molar-refractivity contribution in [1.82, 2.24) is 14.9 Å². The molecule has 5 rings (SSSR count). The highest BCUT2D eigenvalue weighted by molar-refractivity contribution is 7.92. The van der Waals surface area contributed by atoms with Gasteiger partial charge in [0.05, 0.1) is 44.1 Å². The van der Waals surface area contributed by atoms with Crippen LogP contribution in [-0.2, 0) is 26.1 Å². The van der Waals surface area contributed by atoms with E-state index in [9.17, 15) is 8.42 Å². The summed E-state index contributed by atoms with van der Waals surface area (Å²) in [5, 5.41) is 6.89. The zero-order valence-corrected chi connectivity index (χ0v) is 22.6. The van der Waals surface area contributed by atoms with Crippen molar-refractivity contribution in [1.29, 1.82) is 0 Å². The average molecular weight is 556 g/mol. The molecule has 0 aliphatic carbocycles. The minimum atomic E-state index is -3.98. The number of methoxy groups -OCH3 is 1. The second-order valence-electron chi connectivity index (χ2n) is 9.15. The number of benzene rings is 1. The molecule has 208 valence electrons. The number of morpholine rings is 1. The Hall–Kier alpha value is -3.74. The Labute approximate surface area is 228 Å². The van der Waals surface area contributed by atoms with E-state index in [1.165, 1.54) is 31.7 Å². The fraction of sp³-hybridized carbons (Fsp3) is 0.370. The fourth-order valence-corrected chi connectivity index (χ4v) is 5.80. The molecular weight excluding hydrogens is 522 g/mol. The molecule has 2 saturated heterocycles. The number of sulfonamides is 1. The van der Waals surface area contributed by atoms with Gasteiger partial charge in [-0.05, 0) is 49.2 Å². The van der Waals surface area contributed by atoms with Gasteiger partial charge < -0.3 is 19.5 Å². The zero-order chi connectivity index (χ0) is 27.7. The summed E-state index contributed by atoms with van der Waals surface area (Å²) in [6.07, 6.45) is 7.39. The lowest BCUT2D eigenvalue weighted by Gasteiger charge is -2.29. The third-order valence-electron chi connectivity index (χ3n) is 6.55. The zero-order valence-electron chi connectivity index (χ0n) is 21.8. The first-order chi connectivity index (χ1) is 18.9. The third-order valence-corrected chi connectivity index (χ3v) is 7.92. The van der Waals surface area contributed by atoms with Crippen LogP contribution in [0.2, 0.25) is 0 Å². The van der Waals surface area contributed by atoms with Gasteiger partial charge in [-0.1, -0.05) is 24.3 Å². The predicted octanol–water partition coefficient (Wildman–Crippen LogP) is 3.09. The van der Waals surface area contributed by atoms with E-state index in [1.54, 1.807) is 24.5 Å². The van der Waals surface area contributed by atoms with Crippen LogP contribution in [0.3, 0.4) is 0 Å². The Bertz CT molecular complexity index is 1340. The summed E-state index contributed by atoms with van der Waals surface area (Å²) in [4.78, 5) is 21.4. The van der Waals surface area contributed by atoms with Crippen molar-refractivity contribution < 1.29 is 27.8 Å². The Morgan fingerprint density at radius 3 is 2.38 bits per heavy atom. The van der Waals surface area contributed by atoms with Crippen molar-refractivity contribution in [2.45, 2.75) is 24.3 Å². The average Bonchev–Trinajstić information content (AvgIpc) is 3.47. The van der Waals surface area contributed by atoms with Crippen LogP contribution in [0.15, 0.2) is 59.9 Å². The van der Waals surface area contributed by atoms with Crippen molar-refractivity contribution in [3.05, 3.63) is 60.6 Å². The molecule has 12 heteroatoms. The van der Waals surface area contributed by atoms with Crippen LogP contribution < -0.4 is 14.4 Å². The van der Waals surface area contributed by atoms with Gasteiger partial charge >= 0.3 is 0 Å². The third kappa shape index (κ3) is 7.43. The summed E-state index contributed by atoms with van der Waals surface area (Å²) in [6.45, 7) is 5.53. The number of aromatic nitrogens is 2. The molecule has 2 aliphatic rings. The molecule has 1 aromatic carbocycles. The first kappa shape index (κ1) is 28.3. The summed E-state index contributed by atoms with van der Waals surface area (Å²) < 4.78 is 40.1. The first-order valence-corrected chi connectivity index (χ1v) is 14.2. The van der Waals surface area contributed by atoms with Gasteiger partial charge in [0.25, 0.3) is 16.5 Å². The number of hydrogen-bond donors (Lipinski definition) is 2. The van der Waals surface area contributed by atoms with E-state index < -0.39 is 10.0 Å². The van der Waals surface area contributed by atoms with Crippen LogP contribution in [0.25, 0.3) is 11.1 Å². The van der Waals surface area contributed by atoms with Crippen LogP contribution in [0.1, 0.15) is 18.4 Å². The SMILES string of the molecule is COc1ncc(N2CCOCC2)cc1S(=O)(=O)Nc1cncc(-c2ccc(CN3CCCC3)cc2)c1.O=CO. The molecule has 2 fully saturated rings. The quantitative estimate of drug-likeness (QED) is 0.399. The molecule has 2 aliphatic heterocycles. The normalized spacial score (nSPS) is 15.8. The maximum Gasteiger partial charge on any atom is 0.290 e. The molecule has 0 saturated carbocycles. The molecule has 2 N–H and O–H groups in total. The predicted molar refractivity (Wildman–Crippen MR) is 148 cm³/mol. The summed E-state index contributed by atoms with van der Waals surface area (Å²) in [5.41, 5.74) is 4.15. The minimum Gasteiger partial charge on any atom is -0.483 e. The van der Waals surface area contributed by atoms with Crippen LogP contribution >= 0.6 is 0 Å². The summed E-state index contributed by atoms with van der Waals surface area (Å²) in [5.74, 6) is 0.0391. The Morgan fingerprint density at radius 2 is 1.72 bits per heavy atom. The summed E-state index contributed by atoms with van der Waals surface area (Å²) in [6, 6.07) is 11.7. The Balaban J connectivity index is 0.00000112. The van der Waals surface area contributed by atoms with E-state index in [0.29, 0.717) is 37.7 Å². The Morgan fingerprint density at radius 1 is 1.03 bits per heavy atom. The van der Waals surface area contributed by atoms with E-state index in [-0.39, 0.29) is 17.2 Å². The summed E-state index contributed by atoms with van der Waals surface area (Å²) >= 11 is 0. The van der Waals surface area contributed by atoms with Gasteiger partial charge in [0.2, 0.25) is 5.88 Å². The number of pyridine rings is 2. The number of anilines is 2.